The number of alkyl carbamates (subject to hydrolysis) is 1. The van der Waals surface area contributed by atoms with Crippen LogP contribution in [-0.4, -0.2) is 36.7 Å². The molecule has 0 aromatic heterocycles. The SMILES string of the molecule is O=C(NCCc1ccc2ccccc2c1)OC(=O)N1CCCC1. The lowest BCUT2D eigenvalue weighted by Crippen LogP contribution is -2.35. The maximum absolute atomic E-state index is 11.7. The highest BCUT2D eigenvalue weighted by atomic mass is 16.6. The van der Waals surface area contributed by atoms with E-state index < -0.39 is 12.2 Å². The summed E-state index contributed by atoms with van der Waals surface area (Å²) < 4.78 is 4.78. The second-order valence-corrected chi connectivity index (χ2v) is 5.71. The summed E-state index contributed by atoms with van der Waals surface area (Å²) in [6, 6.07) is 14.4. The summed E-state index contributed by atoms with van der Waals surface area (Å²) >= 11 is 0. The summed E-state index contributed by atoms with van der Waals surface area (Å²) in [4.78, 5) is 24.9. The number of carbonyl (C=O) groups excluding carboxylic acids is 2. The van der Waals surface area contributed by atoms with Gasteiger partial charge >= 0.3 is 12.2 Å². The highest BCUT2D eigenvalue weighted by Crippen LogP contribution is 2.15. The number of hydrogen-bond acceptors (Lipinski definition) is 3. The molecule has 120 valence electrons. The standard InChI is InChI=1S/C18H20N2O3/c21-17(23-18(22)20-11-3-4-12-20)19-10-9-14-7-8-15-5-1-2-6-16(15)13-14/h1-2,5-8,13H,3-4,9-12H2,(H,19,21). The minimum absolute atomic E-state index is 0.435. The Morgan fingerprint density at radius 3 is 2.57 bits per heavy atom. The van der Waals surface area contributed by atoms with E-state index in [4.69, 9.17) is 4.74 Å². The molecule has 2 amide bonds. The van der Waals surface area contributed by atoms with Crippen LogP contribution in [0.4, 0.5) is 9.59 Å². The van der Waals surface area contributed by atoms with E-state index in [1.165, 1.54) is 10.8 Å². The van der Waals surface area contributed by atoms with Crippen LogP contribution in [0.15, 0.2) is 42.5 Å². The van der Waals surface area contributed by atoms with Crippen LogP contribution >= 0.6 is 0 Å². The van der Waals surface area contributed by atoms with Crippen molar-refractivity contribution in [3.63, 3.8) is 0 Å². The molecular formula is C18H20N2O3. The summed E-state index contributed by atoms with van der Waals surface area (Å²) in [6.07, 6.45) is 1.41. The molecule has 2 aromatic rings. The molecule has 1 fully saturated rings. The van der Waals surface area contributed by atoms with Crippen molar-refractivity contribution in [1.82, 2.24) is 10.2 Å². The van der Waals surface area contributed by atoms with Crippen LogP contribution in [0.3, 0.4) is 0 Å². The molecule has 1 N–H and O–H groups in total. The largest absolute Gasteiger partial charge is 0.418 e. The Kier molecular flexibility index (Phi) is 4.76. The summed E-state index contributed by atoms with van der Waals surface area (Å²) in [5, 5.41) is 5.00. The van der Waals surface area contributed by atoms with Gasteiger partial charge in [0.2, 0.25) is 0 Å². The van der Waals surface area contributed by atoms with Gasteiger partial charge in [0.05, 0.1) is 0 Å². The Hall–Kier alpha value is -2.56. The molecule has 1 saturated heterocycles. The van der Waals surface area contributed by atoms with Gasteiger partial charge in [-0.05, 0) is 35.6 Å². The van der Waals surface area contributed by atoms with Gasteiger partial charge in [0.25, 0.3) is 0 Å². The molecule has 0 bridgehead atoms. The van der Waals surface area contributed by atoms with Crippen molar-refractivity contribution in [1.29, 1.82) is 0 Å². The molecule has 0 atom stereocenters. The second-order valence-electron chi connectivity index (χ2n) is 5.71. The monoisotopic (exact) mass is 312 g/mol. The van der Waals surface area contributed by atoms with Crippen LogP contribution in [-0.2, 0) is 11.2 Å². The van der Waals surface area contributed by atoms with Crippen molar-refractivity contribution in [3.05, 3.63) is 48.0 Å². The van der Waals surface area contributed by atoms with Crippen molar-refractivity contribution in [2.24, 2.45) is 0 Å². The number of rotatable bonds is 3. The smallest absolute Gasteiger partial charge is 0.359 e. The number of ether oxygens (including phenoxy) is 1. The summed E-state index contributed by atoms with van der Waals surface area (Å²) in [5.74, 6) is 0. The fourth-order valence-electron chi connectivity index (χ4n) is 2.78. The van der Waals surface area contributed by atoms with Crippen molar-refractivity contribution < 1.29 is 14.3 Å². The van der Waals surface area contributed by atoms with Crippen LogP contribution in [0.5, 0.6) is 0 Å². The molecule has 1 aliphatic heterocycles. The number of carbonyl (C=O) groups is 2. The molecule has 23 heavy (non-hydrogen) atoms. The van der Waals surface area contributed by atoms with Crippen molar-refractivity contribution >= 4 is 23.0 Å². The number of likely N-dealkylation sites (tertiary alicyclic amines) is 1. The van der Waals surface area contributed by atoms with Crippen molar-refractivity contribution in [3.8, 4) is 0 Å². The van der Waals surface area contributed by atoms with Gasteiger partial charge in [0.15, 0.2) is 0 Å². The number of fused-ring (bicyclic) bond motifs is 1. The first-order valence-corrected chi connectivity index (χ1v) is 7.95. The van der Waals surface area contributed by atoms with Gasteiger partial charge in [0, 0.05) is 19.6 Å². The fraction of sp³-hybridized carbons (Fsp3) is 0.333. The van der Waals surface area contributed by atoms with Crippen LogP contribution in [0, 0.1) is 0 Å². The number of nitrogens with zero attached hydrogens (tertiary/aromatic N) is 1. The van der Waals surface area contributed by atoms with Crippen molar-refractivity contribution in [2.45, 2.75) is 19.3 Å². The Labute approximate surface area is 135 Å². The molecule has 5 heteroatoms. The highest BCUT2D eigenvalue weighted by molar-refractivity contribution is 5.84. The second kappa shape index (κ2) is 7.13. The minimum Gasteiger partial charge on any atom is -0.359 e. The molecule has 0 radical (unpaired) electrons. The van der Waals surface area contributed by atoms with E-state index >= 15 is 0 Å². The van der Waals surface area contributed by atoms with Gasteiger partial charge in [-0.15, -0.1) is 0 Å². The third-order valence-corrected chi connectivity index (χ3v) is 4.04. The van der Waals surface area contributed by atoms with Gasteiger partial charge in [-0.2, -0.15) is 0 Å². The Bertz CT molecular complexity index is 708. The van der Waals surface area contributed by atoms with Gasteiger partial charge in [-0.1, -0.05) is 42.5 Å². The molecule has 5 nitrogen and oxygen atoms in total. The van der Waals surface area contributed by atoms with E-state index in [-0.39, 0.29) is 0 Å². The zero-order valence-electron chi connectivity index (χ0n) is 13.0. The van der Waals surface area contributed by atoms with Crippen LogP contribution in [0.2, 0.25) is 0 Å². The first-order valence-electron chi connectivity index (χ1n) is 7.95. The van der Waals surface area contributed by atoms with E-state index in [9.17, 15) is 9.59 Å². The molecule has 2 aromatic carbocycles. The molecule has 0 saturated carbocycles. The Balaban J connectivity index is 1.46. The molecule has 0 aliphatic carbocycles. The third kappa shape index (κ3) is 4.00. The lowest BCUT2D eigenvalue weighted by molar-refractivity contribution is 0.124. The van der Waals surface area contributed by atoms with Gasteiger partial charge in [0.1, 0.15) is 0 Å². The first-order chi connectivity index (χ1) is 11.2. The molecule has 0 spiro atoms. The molecule has 1 aliphatic rings. The Morgan fingerprint density at radius 1 is 1.04 bits per heavy atom. The number of hydrogen-bond donors (Lipinski definition) is 1. The predicted octanol–water partition coefficient (Wildman–Crippen LogP) is 3.32. The molecular weight excluding hydrogens is 292 g/mol. The van der Waals surface area contributed by atoms with E-state index in [1.807, 2.05) is 18.2 Å². The quantitative estimate of drug-likeness (QED) is 0.884. The first kappa shape index (κ1) is 15.3. The molecule has 3 rings (SSSR count). The van der Waals surface area contributed by atoms with Gasteiger partial charge < -0.3 is 15.0 Å². The summed E-state index contributed by atoms with van der Waals surface area (Å²) in [7, 11) is 0. The van der Waals surface area contributed by atoms with E-state index in [0.29, 0.717) is 26.1 Å². The lowest BCUT2D eigenvalue weighted by atomic mass is 10.1. The van der Waals surface area contributed by atoms with Gasteiger partial charge in [-0.3, -0.25) is 0 Å². The summed E-state index contributed by atoms with van der Waals surface area (Å²) in [5.41, 5.74) is 1.13. The Morgan fingerprint density at radius 2 is 1.78 bits per heavy atom. The molecule has 0 unspecified atom stereocenters. The minimum atomic E-state index is -0.678. The average Bonchev–Trinajstić information content (AvgIpc) is 3.09. The molecule has 1 heterocycles. The topological polar surface area (TPSA) is 58.6 Å². The van der Waals surface area contributed by atoms with Gasteiger partial charge in [-0.25, -0.2) is 9.59 Å². The van der Waals surface area contributed by atoms with Crippen molar-refractivity contribution in [2.75, 3.05) is 19.6 Å². The fourth-order valence-corrected chi connectivity index (χ4v) is 2.78. The van der Waals surface area contributed by atoms with E-state index in [0.717, 1.165) is 18.4 Å². The number of nitrogens with one attached hydrogen (secondary N) is 1. The normalized spacial score (nSPS) is 14.0. The van der Waals surface area contributed by atoms with E-state index in [2.05, 4.69) is 29.6 Å². The zero-order valence-corrected chi connectivity index (χ0v) is 13.0. The van der Waals surface area contributed by atoms with E-state index in [1.54, 1.807) is 4.90 Å². The van der Waals surface area contributed by atoms with Crippen LogP contribution in [0.1, 0.15) is 18.4 Å². The predicted molar refractivity (Wildman–Crippen MR) is 88.3 cm³/mol. The maximum Gasteiger partial charge on any atom is 0.418 e. The van der Waals surface area contributed by atoms with Crippen LogP contribution < -0.4 is 5.32 Å². The lowest BCUT2D eigenvalue weighted by Gasteiger charge is -2.14. The average molecular weight is 312 g/mol. The highest BCUT2D eigenvalue weighted by Gasteiger charge is 2.21. The maximum atomic E-state index is 11.7. The summed E-state index contributed by atoms with van der Waals surface area (Å²) in [6.45, 7) is 1.77. The zero-order chi connectivity index (χ0) is 16.1. The number of amides is 2. The third-order valence-electron chi connectivity index (χ3n) is 4.04. The van der Waals surface area contributed by atoms with Crippen LogP contribution in [0.25, 0.3) is 10.8 Å². The number of benzene rings is 2.